The topological polar surface area (TPSA) is 69.3 Å². The molecule has 0 aliphatic heterocycles. The van der Waals surface area contributed by atoms with Crippen LogP contribution in [0, 0.1) is 19.7 Å². The van der Waals surface area contributed by atoms with Gasteiger partial charge in [-0.05, 0) is 55.3 Å². The van der Waals surface area contributed by atoms with Crippen LogP contribution in [0.5, 0.6) is 5.75 Å². The minimum atomic E-state index is -0.425. The molecule has 0 radical (unpaired) electrons. The zero-order valence-corrected chi connectivity index (χ0v) is 18.3. The first-order valence-electron chi connectivity index (χ1n) is 9.94. The fourth-order valence-corrected chi connectivity index (χ4v) is 3.36. The molecule has 0 unspecified atom stereocenters. The molecule has 0 saturated heterocycles. The lowest BCUT2D eigenvalue weighted by Crippen LogP contribution is -2.10. The molecule has 0 aliphatic carbocycles. The second-order valence-electron chi connectivity index (χ2n) is 7.40. The zero-order valence-electron chi connectivity index (χ0n) is 17.6. The Morgan fingerprint density at radius 3 is 2.88 bits per heavy atom. The molecule has 2 aromatic carbocycles. The van der Waals surface area contributed by atoms with Crippen molar-refractivity contribution in [2.45, 2.75) is 27.0 Å². The molecule has 0 aliphatic rings. The van der Waals surface area contributed by atoms with E-state index in [0.29, 0.717) is 22.0 Å². The van der Waals surface area contributed by atoms with Crippen molar-refractivity contribution >= 4 is 23.2 Å². The summed E-state index contributed by atoms with van der Waals surface area (Å²) in [4.78, 5) is 12.5. The summed E-state index contributed by atoms with van der Waals surface area (Å²) >= 11 is 6.06. The Kier molecular flexibility index (Phi) is 6.28. The predicted molar refractivity (Wildman–Crippen MR) is 120 cm³/mol. The number of rotatable bonds is 7. The molecule has 2 aromatic heterocycles. The van der Waals surface area contributed by atoms with Crippen LogP contribution in [0.2, 0.25) is 5.02 Å². The van der Waals surface area contributed by atoms with E-state index in [4.69, 9.17) is 20.8 Å². The lowest BCUT2D eigenvalue weighted by atomic mass is 10.1. The molecule has 2 heterocycles. The van der Waals surface area contributed by atoms with Crippen LogP contribution >= 0.6 is 11.6 Å². The van der Waals surface area contributed by atoms with Gasteiger partial charge in [0, 0.05) is 16.8 Å². The molecule has 0 fully saturated rings. The maximum atomic E-state index is 14.0. The van der Waals surface area contributed by atoms with Gasteiger partial charge in [-0.3, -0.25) is 9.48 Å². The smallest absolute Gasteiger partial charge is 0.291 e. The normalized spacial score (nSPS) is 10.9. The van der Waals surface area contributed by atoms with Crippen molar-refractivity contribution in [3.05, 3.63) is 100.0 Å². The van der Waals surface area contributed by atoms with Crippen LogP contribution in [0.1, 0.15) is 33.0 Å². The van der Waals surface area contributed by atoms with Crippen LogP contribution in [0.25, 0.3) is 0 Å². The van der Waals surface area contributed by atoms with Gasteiger partial charge < -0.3 is 14.5 Å². The first-order valence-corrected chi connectivity index (χ1v) is 10.3. The molecule has 0 bridgehead atoms. The summed E-state index contributed by atoms with van der Waals surface area (Å²) in [6, 6.07) is 13.7. The van der Waals surface area contributed by atoms with Crippen molar-refractivity contribution in [2.24, 2.45) is 0 Å². The molecule has 1 amide bonds. The van der Waals surface area contributed by atoms with Gasteiger partial charge >= 0.3 is 0 Å². The Morgan fingerprint density at radius 2 is 2.06 bits per heavy atom. The van der Waals surface area contributed by atoms with Crippen molar-refractivity contribution < 1.29 is 18.3 Å². The highest BCUT2D eigenvalue weighted by Crippen LogP contribution is 2.22. The number of furan rings is 1. The molecule has 4 rings (SSSR count). The van der Waals surface area contributed by atoms with Gasteiger partial charge in [-0.15, -0.1) is 0 Å². The van der Waals surface area contributed by atoms with E-state index < -0.39 is 11.7 Å². The summed E-state index contributed by atoms with van der Waals surface area (Å²) < 4.78 is 26.9. The van der Waals surface area contributed by atoms with E-state index in [0.717, 1.165) is 16.9 Å². The van der Waals surface area contributed by atoms with E-state index in [-0.39, 0.29) is 18.9 Å². The number of anilines is 1. The third-order valence-corrected chi connectivity index (χ3v) is 5.23. The fourth-order valence-electron chi connectivity index (χ4n) is 3.14. The van der Waals surface area contributed by atoms with Crippen LogP contribution in [-0.4, -0.2) is 15.7 Å². The molecule has 32 heavy (non-hydrogen) atoms. The van der Waals surface area contributed by atoms with Gasteiger partial charge in [-0.2, -0.15) is 5.10 Å². The molecule has 8 heteroatoms. The highest BCUT2D eigenvalue weighted by molar-refractivity contribution is 6.31. The number of ether oxygens (including phenoxy) is 1. The van der Waals surface area contributed by atoms with Gasteiger partial charge in [0.1, 0.15) is 23.9 Å². The SMILES string of the molecule is Cc1ccc(C)c(OCc2ccc(C(=O)Nc3cnn(Cc4c(F)cccc4Cl)c3)o2)c1. The first-order chi connectivity index (χ1) is 15.4. The fraction of sp³-hybridized carbons (Fsp3) is 0.167. The third-order valence-electron chi connectivity index (χ3n) is 4.87. The van der Waals surface area contributed by atoms with Crippen LogP contribution < -0.4 is 10.1 Å². The predicted octanol–water partition coefficient (Wildman–Crippen LogP) is 5.77. The van der Waals surface area contributed by atoms with Gasteiger partial charge in [0.15, 0.2) is 5.76 Å². The van der Waals surface area contributed by atoms with E-state index in [1.165, 1.54) is 16.9 Å². The summed E-state index contributed by atoms with van der Waals surface area (Å²) in [5, 5.41) is 7.18. The highest BCUT2D eigenvalue weighted by Gasteiger charge is 2.14. The Labute approximate surface area is 189 Å². The van der Waals surface area contributed by atoms with Gasteiger partial charge in [0.2, 0.25) is 0 Å². The highest BCUT2D eigenvalue weighted by atomic mass is 35.5. The summed E-state index contributed by atoms with van der Waals surface area (Å²) in [5.74, 6) is 0.612. The third kappa shape index (κ3) is 5.00. The number of carbonyl (C=O) groups excluding carboxylic acids is 1. The standard InChI is InChI=1S/C24H21ClFN3O3/c1-15-6-7-16(2)23(10-15)31-14-18-8-9-22(32-18)24(30)28-17-11-27-29(12-17)13-19-20(25)4-3-5-21(19)26/h3-12H,13-14H2,1-2H3,(H,28,30). The Bertz CT molecular complexity index is 1240. The average Bonchev–Trinajstić information content (AvgIpc) is 3.41. The number of nitrogens with zero attached hydrogens (tertiary/aromatic N) is 2. The maximum Gasteiger partial charge on any atom is 0.291 e. The minimum absolute atomic E-state index is 0.141. The molecular weight excluding hydrogens is 433 g/mol. The number of aryl methyl sites for hydroxylation is 2. The number of amides is 1. The van der Waals surface area contributed by atoms with Crippen LogP contribution in [0.3, 0.4) is 0 Å². The quantitative estimate of drug-likeness (QED) is 0.386. The van der Waals surface area contributed by atoms with Crippen LogP contribution in [0.4, 0.5) is 10.1 Å². The largest absolute Gasteiger partial charge is 0.485 e. The molecule has 0 spiro atoms. The molecule has 4 aromatic rings. The lowest BCUT2D eigenvalue weighted by Gasteiger charge is -2.08. The zero-order chi connectivity index (χ0) is 22.7. The number of nitrogens with one attached hydrogen (secondary N) is 1. The molecule has 0 atom stereocenters. The molecule has 164 valence electrons. The number of carbonyl (C=O) groups is 1. The number of aromatic nitrogens is 2. The van der Waals surface area contributed by atoms with Crippen molar-refractivity contribution in [1.82, 2.24) is 9.78 Å². The van der Waals surface area contributed by atoms with Crippen LogP contribution in [0.15, 0.2) is 65.3 Å². The average molecular weight is 454 g/mol. The van der Waals surface area contributed by atoms with Crippen LogP contribution in [-0.2, 0) is 13.2 Å². The monoisotopic (exact) mass is 453 g/mol. The Morgan fingerprint density at radius 1 is 1.22 bits per heavy atom. The summed E-state index contributed by atoms with van der Waals surface area (Å²) in [5.41, 5.74) is 2.90. The maximum absolute atomic E-state index is 14.0. The summed E-state index contributed by atoms with van der Waals surface area (Å²) in [6.07, 6.45) is 3.06. The van der Waals surface area contributed by atoms with Gasteiger partial charge in [0.05, 0.1) is 18.4 Å². The van der Waals surface area contributed by atoms with Gasteiger partial charge in [0.25, 0.3) is 5.91 Å². The van der Waals surface area contributed by atoms with E-state index in [9.17, 15) is 9.18 Å². The minimum Gasteiger partial charge on any atom is -0.485 e. The van der Waals surface area contributed by atoms with Crippen molar-refractivity contribution in [2.75, 3.05) is 5.32 Å². The Hall–Kier alpha value is -3.58. The second kappa shape index (κ2) is 9.28. The number of halogens is 2. The van der Waals surface area contributed by atoms with Gasteiger partial charge in [-0.25, -0.2) is 4.39 Å². The first kappa shape index (κ1) is 21.6. The van der Waals surface area contributed by atoms with E-state index >= 15 is 0 Å². The second-order valence-corrected chi connectivity index (χ2v) is 7.81. The summed E-state index contributed by atoms with van der Waals surface area (Å²) in [6.45, 7) is 4.31. The molecular formula is C24H21ClFN3O3. The number of benzene rings is 2. The van der Waals surface area contributed by atoms with Crippen molar-refractivity contribution in [3.63, 3.8) is 0 Å². The number of hydrogen-bond donors (Lipinski definition) is 1. The van der Waals surface area contributed by atoms with E-state index in [1.807, 2.05) is 32.0 Å². The summed E-state index contributed by atoms with van der Waals surface area (Å²) in [7, 11) is 0. The molecule has 0 saturated carbocycles. The van der Waals surface area contributed by atoms with Crippen molar-refractivity contribution in [3.8, 4) is 5.75 Å². The molecule has 6 nitrogen and oxygen atoms in total. The van der Waals surface area contributed by atoms with E-state index in [2.05, 4.69) is 10.4 Å². The number of hydrogen-bond acceptors (Lipinski definition) is 4. The van der Waals surface area contributed by atoms with Gasteiger partial charge in [-0.1, -0.05) is 29.8 Å². The Balaban J connectivity index is 1.37. The van der Waals surface area contributed by atoms with E-state index in [1.54, 1.807) is 30.5 Å². The molecule has 1 N–H and O–H groups in total. The lowest BCUT2D eigenvalue weighted by molar-refractivity contribution is 0.0992. The van der Waals surface area contributed by atoms with Crippen molar-refractivity contribution in [1.29, 1.82) is 0 Å².